The van der Waals surface area contributed by atoms with Crippen molar-refractivity contribution in [3.8, 4) is 114 Å². The number of ether oxygens (including phenoxy) is 12. The van der Waals surface area contributed by atoms with E-state index in [1.807, 2.05) is 48.5 Å². The number of hydrogen-bond acceptors (Lipinski definition) is 12. The average Bonchev–Trinajstić information content (AvgIpc) is 0.706. The summed E-state index contributed by atoms with van der Waals surface area (Å²) in [7, 11) is 13.7. The van der Waals surface area contributed by atoms with Crippen LogP contribution in [0.15, 0.2) is 146 Å². The molecule has 8 saturated carbocycles. The minimum absolute atomic E-state index is 0.101. The predicted octanol–water partition coefficient (Wildman–Crippen LogP) is 30.1. The second-order valence-electron chi connectivity index (χ2n) is 27.9. The SMILES string of the molecule is COc1cc2cc(OC)c1Oc1ccc(cc1)-c1ccc(cc1)Oc1c(OC)cc(cc1OC)C13CC4CC(C1)CC(C4)(C3)c1cc(OC)c(c(OC)c1)Oc1ccc(cc1)-c1ccc(cc1)Oc1c(OC)cc(cc1OC)C13CC4CC(CC2(C4)C1)C3.ClC(Cl)Cl.ClC(Cl)Cl.ClC(Cl)Cl.ClC(Cl)Cl.ClC(Cl)Cl.ClC(Cl)Cl. The molecule has 0 amide bonds. The van der Waals surface area contributed by atoms with Crippen LogP contribution in [-0.2, 0) is 21.7 Å². The summed E-state index contributed by atoms with van der Waals surface area (Å²) in [5, 5.41) is 0. The van der Waals surface area contributed by atoms with Gasteiger partial charge in [-0.25, -0.2) is 0 Å². The standard InChI is InChI=1S/C76H76O12.6CHCl3/c1-77-61-27-53-28-62(78-2)69(61)85-57-17-9-49(10-18-57)50-11-19-58(20-12-50)87-71-65(81-5)31-55(32-66(71)82-6)75-39-47-26-48(40-75)42-76(41-47,44-75)56-33-67(83-7)72(68(34-56)84-8)88-60-23-15-52(16-24-60)51-13-21-59(22-14-51)86-70-63(79-3)29-54(30-64(70)80-4)74-37-45-25-46(38-74)36-73(53,35-45)43-74;6*2-1(3)4/h9-24,27-34,45-48H,25-26,35-44H2,1-8H3;6*1H. The van der Waals surface area contributed by atoms with Gasteiger partial charge in [-0.15, -0.1) is 0 Å². The van der Waals surface area contributed by atoms with Crippen molar-refractivity contribution in [2.24, 2.45) is 23.7 Å². The lowest BCUT2D eigenvalue weighted by atomic mass is 9.41. The Labute approximate surface area is 745 Å². The van der Waals surface area contributed by atoms with Crippen molar-refractivity contribution in [1.82, 2.24) is 0 Å². The number of alkyl halides is 18. The molecule has 8 aromatic carbocycles. The lowest BCUT2D eigenvalue weighted by Crippen LogP contribution is -2.56. The molecule has 608 valence electrons. The summed E-state index contributed by atoms with van der Waals surface area (Å²) >= 11 is 86.5. The zero-order valence-electron chi connectivity index (χ0n) is 61.8. The highest BCUT2D eigenvalue weighted by molar-refractivity contribution is 6.65. The van der Waals surface area contributed by atoms with Crippen LogP contribution in [0.4, 0.5) is 0 Å². The van der Waals surface area contributed by atoms with Crippen LogP contribution in [0.1, 0.15) is 99.3 Å². The predicted molar refractivity (Wildman–Crippen MR) is 466 cm³/mol. The van der Waals surface area contributed by atoms with E-state index in [9.17, 15) is 0 Å². The van der Waals surface area contributed by atoms with Crippen molar-refractivity contribution in [3.63, 3.8) is 0 Å². The van der Waals surface area contributed by atoms with E-state index in [1.54, 1.807) is 56.9 Å². The number of methoxy groups -OCH3 is 8. The van der Waals surface area contributed by atoms with Crippen LogP contribution in [0.5, 0.6) is 92.0 Å². The fraction of sp³-hybridized carbons (Fsp3) is 0.415. The van der Waals surface area contributed by atoms with Crippen LogP contribution in [0.2, 0.25) is 0 Å². The second kappa shape index (κ2) is 42.0. The molecule has 8 aliphatic carbocycles. The van der Waals surface area contributed by atoms with Gasteiger partial charge in [-0.2, -0.15) is 0 Å². The summed E-state index contributed by atoms with van der Waals surface area (Å²) in [5.74, 6) is 12.2. The van der Waals surface area contributed by atoms with E-state index in [4.69, 9.17) is 266 Å². The molecule has 0 radical (unpaired) electrons. The molecule has 4 spiro atoms. The van der Waals surface area contributed by atoms with Crippen molar-refractivity contribution in [1.29, 1.82) is 0 Å². The molecular weight excluding hydrogens is 1820 g/mol. The van der Waals surface area contributed by atoms with Crippen molar-refractivity contribution in [2.45, 2.75) is 124 Å². The zero-order chi connectivity index (χ0) is 81.6. The lowest BCUT2D eigenvalue weighted by molar-refractivity contribution is -0.0285. The van der Waals surface area contributed by atoms with Crippen LogP contribution in [-0.4, -0.2) is 82.7 Å². The molecule has 8 fully saturated rings. The number of halogens is 18. The molecule has 12 nitrogen and oxygen atoms in total. The lowest BCUT2D eigenvalue weighted by Gasteiger charge is -2.63. The highest BCUT2D eigenvalue weighted by Crippen LogP contribution is 2.70. The minimum atomic E-state index is -0.750. The van der Waals surface area contributed by atoms with E-state index in [2.05, 4.69) is 97.1 Å². The maximum atomic E-state index is 6.71. The summed E-state index contributed by atoms with van der Waals surface area (Å²) in [6.45, 7) is 0. The number of benzene rings is 8. The Morgan fingerprint density at radius 3 is 0.500 bits per heavy atom. The van der Waals surface area contributed by atoms with Crippen LogP contribution in [0, 0.1) is 23.7 Å². The van der Waals surface area contributed by atoms with Gasteiger partial charge in [0.25, 0.3) is 0 Å². The van der Waals surface area contributed by atoms with E-state index in [0.29, 0.717) is 116 Å². The third-order valence-corrected chi connectivity index (χ3v) is 21.4. The molecule has 30 aliphatic rings. The van der Waals surface area contributed by atoms with Gasteiger partial charge in [-0.05, 0) is 264 Å². The van der Waals surface area contributed by atoms with Gasteiger partial charge in [0.15, 0.2) is 71.8 Å². The third-order valence-electron chi connectivity index (χ3n) is 21.4. The summed E-state index contributed by atoms with van der Waals surface area (Å²) in [5.41, 5.74) is 8.61. The topological polar surface area (TPSA) is 111 Å². The summed E-state index contributed by atoms with van der Waals surface area (Å²) in [6.07, 6.45) is 13.2. The zero-order valence-corrected chi connectivity index (χ0v) is 75.4. The van der Waals surface area contributed by atoms with Crippen LogP contribution < -0.4 is 56.8 Å². The molecule has 38 rings (SSSR count). The van der Waals surface area contributed by atoms with Gasteiger partial charge in [-0.1, -0.05) is 257 Å². The molecule has 22 heterocycles. The minimum Gasteiger partial charge on any atom is -0.493 e. The Balaban J connectivity index is 0.000000530. The van der Waals surface area contributed by atoms with Gasteiger partial charge in [0.1, 0.15) is 23.0 Å². The van der Waals surface area contributed by atoms with E-state index in [0.717, 1.165) is 86.5 Å². The van der Waals surface area contributed by atoms with Gasteiger partial charge in [-0.3, -0.25) is 0 Å². The maximum Gasteiger partial charge on any atom is 0.211 e. The Hall–Kier alpha value is -3.42. The molecule has 30 heteroatoms. The van der Waals surface area contributed by atoms with Crippen molar-refractivity contribution in [2.75, 3.05) is 56.9 Å². The first kappa shape index (κ1) is 92.5. The molecule has 0 unspecified atom stereocenters. The molecule has 24 bridgehead atoms. The van der Waals surface area contributed by atoms with Gasteiger partial charge in [0, 0.05) is 0 Å². The fourth-order valence-corrected chi connectivity index (χ4v) is 18.4. The summed E-state index contributed by atoms with van der Waals surface area (Å²) < 4.78 is 72.0. The van der Waals surface area contributed by atoms with Crippen molar-refractivity contribution < 1.29 is 56.8 Å². The average molecular weight is 1900 g/mol. The molecule has 0 N–H and O–H groups in total. The Morgan fingerprint density at radius 2 is 0.375 bits per heavy atom. The number of rotatable bonds is 8. The highest BCUT2D eigenvalue weighted by atomic mass is 35.6. The van der Waals surface area contributed by atoms with E-state index >= 15 is 0 Å². The monoisotopic (exact) mass is 1890 g/mol. The second-order valence-corrected chi connectivity index (χ2v) is 39.8. The Morgan fingerprint density at radius 1 is 0.241 bits per heavy atom. The molecular formula is C82H82Cl18O12. The fourth-order valence-electron chi connectivity index (χ4n) is 18.4. The first-order valence-corrected chi connectivity index (χ1v) is 42.9. The third kappa shape index (κ3) is 23.6. The molecule has 112 heavy (non-hydrogen) atoms. The van der Waals surface area contributed by atoms with E-state index < -0.39 is 25.8 Å². The van der Waals surface area contributed by atoms with Crippen LogP contribution in [0.25, 0.3) is 22.3 Å². The Bertz CT molecular complexity index is 3670. The van der Waals surface area contributed by atoms with Crippen molar-refractivity contribution in [3.05, 3.63) is 168 Å². The molecule has 0 atom stereocenters. The van der Waals surface area contributed by atoms with E-state index in [-0.39, 0.29) is 21.7 Å². The Kier molecular flexibility index (Phi) is 34.7. The normalized spacial score (nSPS) is 22.1. The molecule has 8 aromatic rings. The summed E-state index contributed by atoms with van der Waals surface area (Å²) in [4.78, 5) is 0. The smallest absolute Gasteiger partial charge is 0.211 e. The number of hydrogen-bond donors (Lipinski definition) is 0. The van der Waals surface area contributed by atoms with Crippen LogP contribution in [0.3, 0.4) is 0 Å². The molecule has 0 saturated heterocycles. The van der Waals surface area contributed by atoms with Gasteiger partial charge >= 0.3 is 0 Å². The molecule has 0 aromatic heterocycles. The highest BCUT2D eigenvalue weighted by Gasteiger charge is 2.61. The first-order chi connectivity index (χ1) is 53.3. The molecule has 22 aliphatic heterocycles. The van der Waals surface area contributed by atoms with Crippen LogP contribution >= 0.6 is 209 Å². The summed E-state index contributed by atoms with van der Waals surface area (Å²) in [6, 6.07) is 50.1. The van der Waals surface area contributed by atoms with Gasteiger partial charge in [0.05, 0.1) is 56.9 Å². The van der Waals surface area contributed by atoms with Gasteiger partial charge in [0.2, 0.25) is 23.0 Å². The maximum absolute atomic E-state index is 6.71. The first-order valence-electron chi connectivity index (χ1n) is 35.0. The van der Waals surface area contributed by atoms with E-state index in [1.165, 1.54) is 35.1 Å². The van der Waals surface area contributed by atoms with Gasteiger partial charge < -0.3 is 56.8 Å². The quantitative estimate of drug-likeness (QED) is 0.135. The van der Waals surface area contributed by atoms with Crippen molar-refractivity contribution >= 4 is 209 Å². The largest absolute Gasteiger partial charge is 0.493 e.